The molecule has 0 saturated carbocycles. The highest BCUT2D eigenvalue weighted by molar-refractivity contribution is 6.39. The molecule has 1 aromatic heterocycles. The molecule has 4 aromatic rings. The lowest BCUT2D eigenvalue weighted by atomic mass is 10.1. The standard InChI is InChI=1S/C26H18ClN3O3/c27-22-12-6-4-8-17(22)15-29-16-18(20-11-5-7-13-23(20)29)14-21-24(31)28-26(33)30(25(21)32)19-9-2-1-3-10-19/h1-14,16H,15H2,(H,28,31,33). The third kappa shape index (κ3) is 3.81. The van der Waals surface area contributed by atoms with Crippen molar-refractivity contribution in [1.82, 2.24) is 9.88 Å². The summed E-state index contributed by atoms with van der Waals surface area (Å²) < 4.78 is 2.02. The van der Waals surface area contributed by atoms with Crippen LogP contribution in [0, 0.1) is 0 Å². The number of carbonyl (C=O) groups excluding carboxylic acids is 3. The minimum absolute atomic E-state index is 0.112. The zero-order chi connectivity index (χ0) is 22.9. The predicted molar refractivity (Wildman–Crippen MR) is 128 cm³/mol. The van der Waals surface area contributed by atoms with E-state index in [1.54, 1.807) is 30.3 Å². The number of hydrogen-bond donors (Lipinski definition) is 1. The average Bonchev–Trinajstić information content (AvgIpc) is 3.16. The summed E-state index contributed by atoms with van der Waals surface area (Å²) in [7, 11) is 0. The van der Waals surface area contributed by atoms with Crippen LogP contribution < -0.4 is 10.2 Å². The van der Waals surface area contributed by atoms with Gasteiger partial charge >= 0.3 is 6.03 Å². The van der Waals surface area contributed by atoms with E-state index in [4.69, 9.17) is 11.6 Å². The normalized spacial score (nSPS) is 15.4. The number of rotatable bonds is 4. The monoisotopic (exact) mass is 455 g/mol. The van der Waals surface area contributed by atoms with Crippen LogP contribution in [0.5, 0.6) is 0 Å². The van der Waals surface area contributed by atoms with Gasteiger partial charge in [-0.1, -0.05) is 66.2 Å². The fraction of sp³-hybridized carbons (Fsp3) is 0.0385. The highest BCUT2D eigenvalue weighted by Crippen LogP contribution is 2.28. The molecule has 1 aliphatic rings. The molecule has 3 aromatic carbocycles. The largest absolute Gasteiger partial charge is 0.342 e. The Balaban J connectivity index is 1.58. The van der Waals surface area contributed by atoms with E-state index in [2.05, 4.69) is 5.32 Å². The summed E-state index contributed by atoms with van der Waals surface area (Å²) in [4.78, 5) is 39.1. The summed E-state index contributed by atoms with van der Waals surface area (Å²) in [5, 5.41) is 3.80. The number of anilines is 1. The Morgan fingerprint density at radius 1 is 0.848 bits per heavy atom. The molecule has 6 nitrogen and oxygen atoms in total. The molecule has 0 aliphatic carbocycles. The summed E-state index contributed by atoms with van der Waals surface area (Å²) in [6.45, 7) is 0.526. The van der Waals surface area contributed by atoms with Gasteiger partial charge in [0.1, 0.15) is 5.57 Å². The second-order valence-electron chi connectivity index (χ2n) is 7.61. The average molecular weight is 456 g/mol. The number of benzene rings is 3. The van der Waals surface area contributed by atoms with Crippen LogP contribution in [0.3, 0.4) is 0 Å². The number of nitrogens with zero attached hydrogens (tertiary/aromatic N) is 2. The maximum Gasteiger partial charge on any atom is 0.335 e. The van der Waals surface area contributed by atoms with Crippen LogP contribution in [0.1, 0.15) is 11.1 Å². The molecule has 33 heavy (non-hydrogen) atoms. The van der Waals surface area contributed by atoms with Gasteiger partial charge in [0.2, 0.25) is 0 Å². The second-order valence-corrected chi connectivity index (χ2v) is 8.02. The molecule has 1 aliphatic heterocycles. The van der Waals surface area contributed by atoms with Crippen molar-refractivity contribution in [2.75, 3.05) is 4.90 Å². The fourth-order valence-corrected chi connectivity index (χ4v) is 4.15. The van der Waals surface area contributed by atoms with E-state index < -0.39 is 17.8 Å². The van der Waals surface area contributed by atoms with Gasteiger partial charge in [-0.3, -0.25) is 14.9 Å². The summed E-state index contributed by atoms with van der Waals surface area (Å²) in [6.07, 6.45) is 3.41. The van der Waals surface area contributed by atoms with Crippen LogP contribution in [0.25, 0.3) is 17.0 Å². The van der Waals surface area contributed by atoms with Crippen molar-refractivity contribution in [2.45, 2.75) is 6.54 Å². The van der Waals surface area contributed by atoms with Gasteiger partial charge in [0.25, 0.3) is 11.8 Å². The summed E-state index contributed by atoms with van der Waals surface area (Å²) in [5.41, 5.74) is 2.85. The SMILES string of the molecule is O=C1NC(=O)N(c2ccccc2)C(=O)C1=Cc1cn(Cc2ccccc2Cl)c2ccccc12. The lowest BCUT2D eigenvalue weighted by Gasteiger charge is -2.26. The Labute approximate surface area is 194 Å². The van der Waals surface area contributed by atoms with Gasteiger partial charge in [0, 0.05) is 34.2 Å². The van der Waals surface area contributed by atoms with Crippen molar-refractivity contribution < 1.29 is 14.4 Å². The lowest BCUT2D eigenvalue weighted by Crippen LogP contribution is -2.54. The maximum absolute atomic E-state index is 13.2. The Bertz CT molecular complexity index is 1440. The van der Waals surface area contributed by atoms with E-state index in [0.717, 1.165) is 21.4 Å². The van der Waals surface area contributed by atoms with Gasteiger partial charge in [-0.25, -0.2) is 9.69 Å². The van der Waals surface area contributed by atoms with Crippen molar-refractivity contribution in [3.05, 3.63) is 107 Å². The van der Waals surface area contributed by atoms with E-state index in [0.29, 0.717) is 22.8 Å². The van der Waals surface area contributed by atoms with Crippen molar-refractivity contribution in [1.29, 1.82) is 0 Å². The molecule has 7 heteroatoms. The number of imide groups is 2. The summed E-state index contributed by atoms with van der Waals surface area (Å²) in [5.74, 6) is -1.39. The summed E-state index contributed by atoms with van der Waals surface area (Å²) in [6, 6.07) is 23.1. The first-order valence-electron chi connectivity index (χ1n) is 10.3. The number of urea groups is 1. The van der Waals surface area contributed by atoms with Gasteiger partial charge in [0.05, 0.1) is 5.69 Å². The number of aromatic nitrogens is 1. The number of fused-ring (bicyclic) bond motifs is 1. The maximum atomic E-state index is 13.2. The first kappa shape index (κ1) is 20.7. The van der Waals surface area contributed by atoms with Gasteiger partial charge in [-0.2, -0.15) is 0 Å². The lowest BCUT2D eigenvalue weighted by molar-refractivity contribution is -0.122. The van der Waals surface area contributed by atoms with E-state index in [1.165, 1.54) is 6.08 Å². The Hall–Kier alpha value is -4.16. The molecule has 0 bridgehead atoms. The fourth-order valence-electron chi connectivity index (χ4n) is 3.96. The molecular weight excluding hydrogens is 438 g/mol. The number of halogens is 1. The van der Waals surface area contributed by atoms with E-state index in [-0.39, 0.29) is 5.57 Å². The molecule has 162 valence electrons. The van der Waals surface area contributed by atoms with Crippen molar-refractivity contribution in [3.8, 4) is 0 Å². The van der Waals surface area contributed by atoms with Gasteiger partial charge in [0.15, 0.2) is 0 Å². The predicted octanol–water partition coefficient (Wildman–Crippen LogP) is 5.01. The van der Waals surface area contributed by atoms with Crippen LogP contribution in [0.15, 0.2) is 90.6 Å². The molecular formula is C26H18ClN3O3. The molecule has 4 amide bonds. The van der Waals surface area contributed by atoms with Crippen LogP contribution in [-0.2, 0) is 16.1 Å². The summed E-state index contributed by atoms with van der Waals surface area (Å²) >= 11 is 6.35. The zero-order valence-electron chi connectivity index (χ0n) is 17.4. The van der Waals surface area contributed by atoms with Gasteiger partial charge in [-0.15, -0.1) is 0 Å². The molecule has 1 N–H and O–H groups in total. The third-order valence-corrected chi connectivity index (χ3v) is 5.90. The molecule has 0 atom stereocenters. The molecule has 1 saturated heterocycles. The molecule has 0 radical (unpaired) electrons. The minimum atomic E-state index is -0.769. The Kier molecular flexibility index (Phi) is 5.28. The van der Waals surface area contributed by atoms with Crippen molar-refractivity contribution in [3.63, 3.8) is 0 Å². The highest BCUT2D eigenvalue weighted by Gasteiger charge is 2.36. The zero-order valence-corrected chi connectivity index (χ0v) is 18.1. The topological polar surface area (TPSA) is 71.4 Å². The van der Waals surface area contributed by atoms with Crippen LogP contribution in [0.2, 0.25) is 5.02 Å². The van der Waals surface area contributed by atoms with E-state index in [9.17, 15) is 14.4 Å². The molecule has 2 heterocycles. The highest BCUT2D eigenvalue weighted by atomic mass is 35.5. The van der Waals surface area contributed by atoms with Gasteiger partial charge < -0.3 is 4.57 Å². The second kappa shape index (κ2) is 8.41. The first-order valence-corrected chi connectivity index (χ1v) is 10.7. The molecule has 0 unspecified atom stereocenters. The van der Waals surface area contributed by atoms with Crippen molar-refractivity contribution >= 4 is 52.1 Å². The number of barbiturate groups is 1. The minimum Gasteiger partial charge on any atom is -0.342 e. The number of hydrogen-bond acceptors (Lipinski definition) is 3. The van der Waals surface area contributed by atoms with E-state index in [1.807, 2.05) is 59.3 Å². The molecule has 1 fully saturated rings. The number of amides is 4. The number of carbonyl (C=O) groups is 3. The van der Waals surface area contributed by atoms with Crippen molar-refractivity contribution in [2.24, 2.45) is 0 Å². The van der Waals surface area contributed by atoms with Crippen LogP contribution >= 0.6 is 11.6 Å². The Morgan fingerprint density at radius 2 is 1.55 bits per heavy atom. The molecule has 0 spiro atoms. The number of para-hydroxylation sites is 2. The smallest absolute Gasteiger partial charge is 0.335 e. The first-order chi connectivity index (χ1) is 16.0. The number of nitrogens with one attached hydrogen (secondary N) is 1. The quantitative estimate of drug-likeness (QED) is 0.347. The van der Waals surface area contributed by atoms with Crippen LogP contribution in [-0.4, -0.2) is 22.4 Å². The molecule has 5 rings (SSSR count). The van der Waals surface area contributed by atoms with Gasteiger partial charge in [-0.05, 0) is 35.9 Å². The Morgan fingerprint density at radius 3 is 2.33 bits per heavy atom. The van der Waals surface area contributed by atoms with E-state index >= 15 is 0 Å². The third-order valence-electron chi connectivity index (χ3n) is 5.53. The van der Waals surface area contributed by atoms with Crippen LogP contribution in [0.4, 0.5) is 10.5 Å².